The SMILES string of the molecule is NCc1cc(-c2cc(COc3ccccc3CC(=O)O)cc3cc(C4CCC4C4CCC4C4CCC4)oc23)ccn1. The molecule has 0 bridgehead atoms. The molecule has 3 fully saturated rings. The second-order valence-electron chi connectivity index (χ2n) is 12.4. The van der Waals surface area contributed by atoms with Crippen LogP contribution in [0.1, 0.15) is 73.4 Å². The van der Waals surface area contributed by atoms with Gasteiger partial charge in [0.05, 0.1) is 12.1 Å². The number of aliphatic carboxylic acids is 1. The number of fused-ring (bicyclic) bond motifs is 1. The van der Waals surface area contributed by atoms with E-state index in [9.17, 15) is 9.90 Å². The van der Waals surface area contributed by atoms with Crippen molar-refractivity contribution in [2.75, 3.05) is 0 Å². The topological polar surface area (TPSA) is 98.6 Å². The molecule has 7 rings (SSSR count). The molecule has 2 aromatic carbocycles. The highest BCUT2D eigenvalue weighted by atomic mass is 16.5. The van der Waals surface area contributed by atoms with Gasteiger partial charge in [-0.25, -0.2) is 0 Å². The van der Waals surface area contributed by atoms with Gasteiger partial charge in [-0.3, -0.25) is 9.78 Å². The molecule has 0 amide bonds. The zero-order chi connectivity index (χ0) is 27.9. The van der Waals surface area contributed by atoms with Gasteiger partial charge in [0, 0.05) is 35.2 Å². The van der Waals surface area contributed by atoms with E-state index in [1.165, 1.54) is 44.9 Å². The third-order valence-corrected chi connectivity index (χ3v) is 10.1. The molecule has 2 aromatic heterocycles. The first-order chi connectivity index (χ1) is 20.1. The van der Waals surface area contributed by atoms with Crippen LogP contribution in [0.4, 0.5) is 0 Å². The van der Waals surface area contributed by atoms with Gasteiger partial charge in [0.15, 0.2) is 0 Å². The van der Waals surface area contributed by atoms with E-state index in [0.717, 1.165) is 62.8 Å². The fourth-order valence-electron chi connectivity index (χ4n) is 7.52. The van der Waals surface area contributed by atoms with Gasteiger partial charge in [-0.15, -0.1) is 0 Å². The number of pyridine rings is 1. The number of hydrogen-bond donors (Lipinski definition) is 2. The Kier molecular flexibility index (Phi) is 7.03. The predicted octanol–water partition coefficient (Wildman–Crippen LogP) is 7.48. The van der Waals surface area contributed by atoms with E-state index < -0.39 is 5.97 Å². The van der Waals surface area contributed by atoms with Crippen molar-refractivity contribution in [3.05, 3.63) is 83.4 Å². The zero-order valence-corrected chi connectivity index (χ0v) is 23.4. The summed E-state index contributed by atoms with van der Waals surface area (Å²) < 4.78 is 12.9. The molecule has 3 aliphatic carbocycles. The van der Waals surface area contributed by atoms with Gasteiger partial charge < -0.3 is 20.0 Å². The number of furan rings is 1. The Balaban J connectivity index is 1.21. The number of carboxylic acid groups (broad SMARTS) is 1. The van der Waals surface area contributed by atoms with Crippen LogP contribution >= 0.6 is 0 Å². The summed E-state index contributed by atoms with van der Waals surface area (Å²) >= 11 is 0. The maximum absolute atomic E-state index is 11.4. The highest BCUT2D eigenvalue weighted by Crippen LogP contribution is 2.59. The van der Waals surface area contributed by atoms with Gasteiger partial charge in [0.1, 0.15) is 23.7 Å². The molecule has 0 radical (unpaired) electrons. The number of rotatable bonds is 10. The second-order valence-corrected chi connectivity index (χ2v) is 12.4. The summed E-state index contributed by atoms with van der Waals surface area (Å²) in [6.45, 7) is 0.697. The van der Waals surface area contributed by atoms with Crippen LogP contribution in [0.15, 0.2) is 65.2 Å². The van der Waals surface area contributed by atoms with E-state index in [-0.39, 0.29) is 6.42 Å². The Morgan fingerprint density at radius 1 is 0.976 bits per heavy atom. The Morgan fingerprint density at radius 3 is 2.51 bits per heavy atom. The molecule has 3 aliphatic rings. The molecule has 4 atom stereocenters. The van der Waals surface area contributed by atoms with E-state index in [1.807, 2.05) is 30.3 Å². The number of nitrogens with two attached hydrogens (primary N) is 1. The van der Waals surface area contributed by atoms with Crippen LogP contribution in [-0.2, 0) is 24.4 Å². The molecular weight excluding hydrogens is 512 g/mol. The van der Waals surface area contributed by atoms with Crippen LogP contribution in [0.5, 0.6) is 5.75 Å². The fraction of sp³-hybridized carbons (Fsp3) is 0.429. The first-order valence-corrected chi connectivity index (χ1v) is 15.2. The molecule has 3 N–H and O–H groups in total. The molecule has 6 nitrogen and oxygen atoms in total. The quantitative estimate of drug-likeness (QED) is 0.212. The van der Waals surface area contributed by atoms with E-state index in [4.69, 9.17) is 14.9 Å². The normalized spacial score (nSPS) is 23.9. The highest BCUT2D eigenvalue weighted by Gasteiger charge is 2.49. The van der Waals surface area contributed by atoms with Crippen molar-refractivity contribution in [2.45, 2.75) is 70.4 Å². The molecule has 0 saturated heterocycles. The van der Waals surface area contributed by atoms with E-state index >= 15 is 0 Å². The van der Waals surface area contributed by atoms with Crippen LogP contribution in [0.3, 0.4) is 0 Å². The van der Waals surface area contributed by atoms with Gasteiger partial charge in [0.2, 0.25) is 0 Å². The number of benzene rings is 2. The number of aromatic nitrogens is 1. The third-order valence-electron chi connectivity index (χ3n) is 10.1. The van der Waals surface area contributed by atoms with Gasteiger partial charge in [0.25, 0.3) is 0 Å². The number of ether oxygens (including phenoxy) is 1. The number of nitrogens with zero attached hydrogens (tertiary/aromatic N) is 1. The van der Waals surface area contributed by atoms with Crippen molar-refractivity contribution in [3.8, 4) is 16.9 Å². The summed E-state index contributed by atoms with van der Waals surface area (Å²) in [5.41, 5.74) is 11.4. The van der Waals surface area contributed by atoms with Crippen molar-refractivity contribution < 1.29 is 19.1 Å². The van der Waals surface area contributed by atoms with Crippen molar-refractivity contribution >= 4 is 16.9 Å². The third kappa shape index (κ3) is 5.03. The molecule has 2 heterocycles. The van der Waals surface area contributed by atoms with Gasteiger partial charge >= 0.3 is 5.97 Å². The molecule has 212 valence electrons. The summed E-state index contributed by atoms with van der Waals surface area (Å²) in [6, 6.07) is 17.9. The van der Waals surface area contributed by atoms with E-state index in [1.54, 1.807) is 12.3 Å². The van der Waals surface area contributed by atoms with Gasteiger partial charge in [-0.1, -0.05) is 37.5 Å². The van der Waals surface area contributed by atoms with Gasteiger partial charge in [-0.05, 0) is 96.9 Å². The van der Waals surface area contributed by atoms with Crippen LogP contribution in [0.2, 0.25) is 0 Å². The average molecular weight is 551 g/mol. The van der Waals surface area contributed by atoms with Crippen LogP contribution in [0.25, 0.3) is 22.1 Å². The number of carbonyl (C=O) groups is 1. The first kappa shape index (κ1) is 26.3. The number of para-hydroxylation sites is 1. The molecule has 4 unspecified atom stereocenters. The van der Waals surface area contributed by atoms with Crippen molar-refractivity contribution in [1.29, 1.82) is 0 Å². The monoisotopic (exact) mass is 550 g/mol. The first-order valence-electron chi connectivity index (χ1n) is 15.2. The average Bonchev–Trinajstić information content (AvgIpc) is 3.34. The summed E-state index contributed by atoms with van der Waals surface area (Å²) in [6.07, 6.45) is 11.4. The van der Waals surface area contributed by atoms with Crippen LogP contribution < -0.4 is 10.5 Å². The van der Waals surface area contributed by atoms with Crippen LogP contribution in [0, 0.1) is 23.7 Å². The molecule has 0 aliphatic heterocycles. The second kappa shape index (κ2) is 11.0. The van der Waals surface area contributed by atoms with Crippen molar-refractivity contribution in [3.63, 3.8) is 0 Å². The summed E-state index contributed by atoms with van der Waals surface area (Å²) in [7, 11) is 0. The Morgan fingerprint density at radius 2 is 1.80 bits per heavy atom. The Labute approximate surface area is 240 Å². The van der Waals surface area contributed by atoms with E-state index in [0.29, 0.717) is 30.4 Å². The Hall–Kier alpha value is -3.64. The van der Waals surface area contributed by atoms with Gasteiger partial charge in [-0.2, -0.15) is 0 Å². The molecular formula is C35H38N2O4. The smallest absolute Gasteiger partial charge is 0.307 e. The Bertz CT molecular complexity index is 1570. The van der Waals surface area contributed by atoms with E-state index in [2.05, 4.69) is 23.2 Å². The number of hydrogen-bond acceptors (Lipinski definition) is 5. The minimum absolute atomic E-state index is 0.0738. The minimum Gasteiger partial charge on any atom is -0.489 e. The summed E-state index contributed by atoms with van der Waals surface area (Å²) in [4.78, 5) is 15.8. The molecule has 4 aromatic rings. The van der Waals surface area contributed by atoms with Crippen molar-refractivity contribution in [2.24, 2.45) is 29.4 Å². The maximum atomic E-state index is 11.4. The standard InChI is InChI=1S/C35H38N2O4/c36-19-26-16-23(12-13-37-26)31-15-21(20-40-32-7-2-1-4-24(32)18-34(38)39)14-25-17-33(41-35(25)31)30-11-10-29(30)28-9-8-27(28)22-5-3-6-22/h1-2,4,7,12-17,22,27-30H,3,5-6,8-11,18-20,36H2,(H,38,39). The van der Waals surface area contributed by atoms with Crippen molar-refractivity contribution in [1.82, 2.24) is 4.98 Å². The zero-order valence-electron chi connectivity index (χ0n) is 23.4. The fourth-order valence-corrected chi connectivity index (χ4v) is 7.52. The lowest BCUT2D eigenvalue weighted by molar-refractivity contribution is -0.136. The highest BCUT2D eigenvalue weighted by molar-refractivity contribution is 5.93. The maximum Gasteiger partial charge on any atom is 0.307 e. The lowest BCUT2D eigenvalue weighted by atomic mass is 9.51. The molecule has 41 heavy (non-hydrogen) atoms. The minimum atomic E-state index is -0.876. The molecule has 6 heteroatoms. The molecule has 3 saturated carbocycles. The summed E-state index contributed by atoms with van der Waals surface area (Å²) in [5, 5.41) is 10.4. The number of carboxylic acids is 1. The van der Waals surface area contributed by atoms with Crippen LogP contribution in [-0.4, -0.2) is 16.1 Å². The predicted molar refractivity (Wildman–Crippen MR) is 158 cm³/mol. The summed E-state index contributed by atoms with van der Waals surface area (Å²) in [5.74, 6) is 4.87. The lowest BCUT2D eigenvalue weighted by Crippen LogP contribution is -2.44. The molecule has 0 spiro atoms. The lowest BCUT2D eigenvalue weighted by Gasteiger charge is -2.53. The largest absolute Gasteiger partial charge is 0.489 e.